The monoisotopic (exact) mass is 1800 g/mol. The van der Waals surface area contributed by atoms with Gasteiger partial charge in [0.1, 0.15) is 41.8 Å². The first kappa shape index (κ1) is 95.8. The third-order valence-electron chi connectivity index (χ3n) is 25.4. The van der Waals surface area contributed by atoms with Gasteiger partial charge in [-0.1, -0.05) is 241 Å². The number of nitrogens with zero attached hydrogens (tertiary/aromatic N) is 11. The molecule has 0 spiro atoms. The molecule has 4 fully saturated rings. The van der Waals surface area contributed by atoms with Crippen LogP contribution in [0.5, 0.6) is 17.2 Å². The van der Waals surface area contributed by atoms with Crippen molar-refractivity contribution in [3.8, 4) is 17.2 Å². The Balaban J connectivity index is 0.000000153. The molecule has 3 aromatic heterocycles. The van der Waals surface area contributed by atoms with Crippen LogP contribution in [0.4, 0.5) is 17.8 Å². The summed E-state index contributed by atoms with van der Waals surface area (Å²) < 4.78 is 11.1. The summed E-state index contributed by atoms with van der Waals surface area (Å²) in [6.07, 6.45) is 21.4. The van der Waals surface area contributed by atoms with E-state index in [1.807, 2.05) is 146 Å². The number of hydrogen-bond donors (Lipinski definition) is 11. The fraction of sp³-hybridized carbons (Fsp3) is 0.330. The average molecular weight is 1800 g/mol. The predicted octanol–water partition coefficient (Wildman–Crippen LogP) is 13.8. The van der Waals surface area contributed by atoms with Gasteiger partial charge in [0.25, 0.3) is 25.3 Å². The van der Waals surface area contributed by atoms with Gasteiger partial charge in [-0.05, 0) is 257 Å². The number of aromatic nitrogens is 12. The van der Waals surface area contributed by atoms with Gasteiger partial charge < -0.3 is 61.9 Å². The maximum Gasteiger partial charge on any atom is 0.384 e. The van der Waals surface area contributed by atoms with Crippen LogP contribution in [-0.4, -0.2) is 166 Å². The fourth-order valence-electron chi connectivity index (χ4n) is 19.1. The summed E-state index contributed by atoms with van der Waals surface area (Å²) in [5.74, 6) is 3.18. The Morgan fingerprint density at radius 3 is 1.46 bits per heavy atom. The van der Waals surface area contributed by atoms with E-state index in [4.69, 9.17) is 25.6 Å². The molecule has 6 atom stereocenters. The van der Waals surface area contributed by atoms with Crippen LogP contribution in [0.15, 0.2) is 255 Å². The second-order valence-corrected chi connectivity index (χ2v) is 35.2. The Kier molecular flexibility index (Phi) is 34.1. The summed E-state index contributed by atoms with van der Waals surface area (Å²) in [6.45, 7) is 4.46. The standard InChI is InChI=1S/C37H37BN7O3.C34H40N6O3.C20H22N6.C11H13BNO3.CH4/c39-26-48-38-35(21-27-15-19-33(20-16-27)47-25-29-11-5-2-6-12-29)36(46)41-32(22-31-18-17-30-13-7-8-14-34(30)31)23-40-37-42-44-45(43-37)24-28-9-3-1-4-10-28;41-29-9-5-21(6-10-29)14-27(16-31(42)34-17-22-11-23(18-34)13-24(12-22)19-34)32(43)36-28(20-35-33-37-39-40-38-33)15-26-8-7-25-3-1-2-4-30(25)26;21-18(12-17-11-10-16-8-4-5-9-19(16)17)13-22-20-23-25-26(24-20)14-15-6-2-1-3-7-15;1-8(15)11(13-12-7-14)6-9-2-4-10(16)5-3-9;/h1-16,18-20,26,32,35,39H,17,21-25H2,(H,40,43)(H,41,46);1-6,8-10,22-24,27-28,41H,7,11-20H2,(H,36,43)(H2,35,37,38,39,40);1-9,11,18H,10,12-14,21H2,(H,22,24);2-5,7,11,13,16H,6H2,1H3;1H4/t32-,35-;22?,23?,24?,27-,28+,34?;18-;11-;/m0100./s1. The highest BCUT2D eigenvalue weighted by Crippen LogP contribution is 2.61. The first-order valence-corrected chi connectivity index (χ1v) is 45.6. The van der Waals surface area contributed by atoms with Crippen molar-refractivity contribution >= 4 is 85.4 Å². The number of phenolic OH excluding ortho intramolecular Hbond substituents is 2. The van der Waals surface area contributed by atoms with E-state index in [0.29, 0.717) is 113 Å². The molecule has 4 bridgehead atoms. The van der Waals surface area contributed by atoms with E-state index in [9.17, 15) is 29.1 Å². The number of tetrazole rings is 3. The molecular formula is C103H116B2N20O9. The Morgan fingerprint density at radius 2 is 0.978 bits per heavy atom. The predicted molar refractivity (Wildman–Crippen MR) is 521 cm³/mol. The number of fused-ring (bicyclic) bond motifs is 3. The minimum absolute atomic E-state index is 0. The molecular weight excluding hydrogens is 1680 g/mol. The van der Waals surface area contributed by atoms with E-state index < -0.39 is 17.8 Å². The maximum atomic E-state index is 14.2. The third kappa shape index (κ3) is 27.4. The van der Waals surface area contributed by atoms with Crippen molar-refractivity contribution in [2.45, 2.75) is 167 Å². The summed E-state index contributed by atoms with van der Waals surface area (Å²) in [4.78, 5) is 66.7. The zero-order valence-electron chi connectivity index (χ0n) is 74.6. The number of amides is 2. The molecule has 7 aliphatic carbocycles. The van der Waals surface area contributed by atoms with Gasteiger partial charge in [-0.3, -0.25) is 24.6 Å². The molecule has 2 radical (unpaired) electrons. The van der Waals surface area contributed by atoms with Crippen LogP contribution < -0.4 is 42.3 Å². The number of benzene rings is 9. The lowest BCUT2D eigenvalue weighted by Gasteiger charge is -2.56. The fourth-order valence-corrected chi connectivity index (χ4v) is 19.1. The molecule has 9 aromatic carbocycles. The van der Waals surface area contributed by atoms with Gasteiger partial charge >= 0.3 is 7.48 Å². The summed E-state index contributed by atoms with van der Waals surface area (Å²) in [7, 11) is 2.62. The molecule has 134 heavy (non-hydrogen) atoms. The molecule has 0 unspecified atom stereocenters. The molecule has 0 aliphatic heterocycles. The number of anilines is 3. The van der Waals surface area contributed by atoms with Crippen molar-refractivity contribution < 1.29 is 43.6 Å². The molecule has 3 heterocycles. The Labute approximate surface area is 782 Å². The van der Waals surface area contributed by atoms with E-state index in [1.54, 1.807) is 46.0 Å². The van der Waals surface area contributed by atoms with Crippen LogP contribution >= 0.6 is 0 Å². The number of Topliss-reactive ketones (excluding diaryl/α,β-unsaturated/α-hetero) is 2. The Hall–Kier alpha value is -14.3. The smallest absolute Gasteiger partial charge is 0.384 e. The van der Waals surface area contributed by atoms with Gasteiger partial charge in [-0.2, -0.15) is 14.8 Å². The molecule has 0 saturated heterocycles. The molecule has 12 N–H and O–H groups in total. The average Bonchev–Trinajstić information content (AvgIpc) is 0.925. The zero-order chi connectivity index (χ0) is 92.1. The van der Waals surface area contributed by atoms with Crippen LogP contribution in [0.3, 0.4) is 0 Å². The Morgan fingerprint density at radius 1 is 0.530 bits per heavy atom. The van der Waals surface area contributed by atoms with Crippen LogP contribution in [-0.2, 0) is 86.8 Å². The molecule has 19 rings (SSSR count). The minimum atomic E-state index is -0.639. The zero-order valence-corrected chi connectivity index (χ0v) is 74.6. The van der Waals surface area contributed by atoms with Crippen molar-refractivity contribution in [1.82, 2.24) is 76.9 Å². The van der Waals surface area contributed by atoms with Gasteiger partial charge in [0, 0.05) is 43.4 Å². The first-order chi connectivity index (χ1) is 65.0. The second kappa shape index (κ2) is 47.7. The molecule has 2 amide bonds. The van der Waals surface area contributed by atoms with Crippen LogP contribution in [0.2, 0.25) is 5.82 Å². The summed E-state index contributed by atoms with van der Waals surface area (Å²) in [6, 6.07) is 75.6. The number of allylic oxidation sites excluding steroid dienone is 3. The molecule has 4 saturated carbocycles. The lowest BCUT2D eigenvalue weighted by Crippen LogP contribution is -2.51. The molecule has 12 aromatic rings. The number of aromatic hydroxyl groups is 2. The molecule has 688 valence electrons. The van der Waals surface area contributed by atoms with Gasteiger partial charge in [0.15, 0.2) is 0 Å². The minimum Gasteiger partial charge on any atom is -0.555 e. The van der Waals surface area contributed by atoms with Crippen LogP contribution in [0.25, 0.3) is 16.7 Å². The highest BCUT2D eigenvalue weighted by molar-refractivity contribution is 6.64. The number of rotatable bonds is 42. The number of carbonyl (C=O) groups is 5. The topological polar surface area (TPSA) is 408 Å². The van der Waals surface area contributed by atoms with E-state index >= 15 is 0 Å². The highest BCUT2D eigenvalue weighted by Gasteiger charge is 2.54. The lowest BCUT2D eigenvalue weighted by molar-refractivity contribution is -0.146. The lowest BCUT2D eigenvalue weighted by atomic mass is 9.48. The van der Waals surface area contributed by atoms with Gasteiger partial charge in [-0.15, -0.1) is 15.3 Å². The normalized spacial score (nSPS) is 17.3. The number of ether oxygens (including phenoxy) is 1. The second-order valence-electron chi connectivity index (χ2n) is 35.2. The van der Waals surface area contributed by atoms with E-state index in [-0.39, 0.29) is 72.3 Å². The number of H-pyrrole nitrogens is 1. The van der Waals surface area contributed by atoms with E-state index in [2.05, 4.69) is 156 Å². The SMILES string of the molecule is C.CC(=O)[C@H](Cc1ccc(O)cc1)N[B]C=O.N=CO[B][C@@H](Cc1ccc(OCc2ccccc2)cc1)C(=O)N[C@H](CNc1nnn(Cc2ccccc2)n1)CC1=CCc2ccccc21.N[C@H](CNc1nnn(Cc2ccccc2)n1)CC1=CCc2ccccc21.O=C(N[C@H](CNc1nn[nH]n1)CC1=CCc2ccccc21)[C@@H](CC(=O)C12CC3CC(CC(C3)C1)C2)Cc1ccc(O)cc1. The van der Waals surface area contributed by atoms with E-state index in [1.165, 1.54) is 91.2 Å². The summed E-state index contributed by atoms with van der Waals surface area (Å²) in [5, 5.41) is 84.8. The number of phenols is 2. The number of carbonyl (C=O) groups excluding carboxylic acids is 5. The number of ketones is 2. The van der Waals surface area contributed by atoms with Gasteiger partial charge in [0.2, 0.25) is 11.8 Å². The number of aromatic amines is 1. The van der Waals surface area contributed by atoms with Crippen LogP contribution in [0.1, 0.15) is 145 Å². The molecule has 7 aliphatic rings. The largest absolute Gasteiger partial charge is 0.555 e. The van der Waals surface area contributed by atoms with Crippen molar-refractivity contribution in [2.24, 2.45) is 34.8 Å². The number of nitrogens with one attached hydrogen (secondary N) is 8. The third-order valence-corrected chi connectivity index (χ3v) is 25.4. The summed E-state index contributed by atoms with van der Waals surface area (Å²) in [5.41, 5.74) is 23.6. The first-order valence-electron chi connectivity index (χ1n) is 45.6. The molecule has 29 nitrogen and oxygen atoms in total. The van der Waals surface area contributed by atoms with Gasteiger partial charge in [0.05, 0.1) is 43.2 Å². The van der Waals surface area contributed by atoms with Crippen molar-refractivity contribution in [1.29, 1.82) is 5.41 Å². The Bertz CT molecular complexity index is 5890. The number of hydrogen-bond acceptors (Lipinski definition) is 24. The maximum absolute atomic E-state index is 14.2. The number of nitrogens with two attached hydrogens (primary N) is 1. The van der Waals surface area contributed by atoms with E-state index in [0.717, 1.165) is 90.5 Å². The van der Waals surface area contributed by atoms with Crippen molar-refractivity contribution in [2.75, 3.05) is 35.6 Å². The molecule has 31 heteroatoms. The summed E-state index contributed by atoms with van der Waals surface area (Å²) >= 11 is 0. The highest BCUT2D eigenvalue weighted by atomic mass is 16.5. The van der Waals surface area contributed by atoms with Crippen molar-refractivity contribution in [3.05, 3.63) is 322 Å². The van der Waals surface area contributed by atoms with Crippen LogP contribution in [0, 0.1) is 34.5 Å². The van der Waals surface area contributed by atoms with Crippen molar-refractivity contribution in [3.63, 3.8) is 0 Å². The van der Waals surface area contributed by atoms with Gasteiger partial charge in [-0.25, -0.2) is 0 Å². The quantitative estimate of drug-likeness (QED) is 0.00732.